The average Bonchev–Trinajstić information content (AvgIpc) is 3.65. The van der Waals surface area contributed by atoms with Gasteiger partial charge in [0.15, 0.2) is 6.20 Å². The fourth-order valence-electron chi connectivity index (χ4n) is 4.77. The normalized spacial score (nSPS) is 16.4. The lowest BCUT2D eigenvalue weighted by Gasteiger charge is -2.13. The van der Waals surface area contributed by atoms with Crippen LogP contribution in [0.2, 0.25) is 5.02 Å². The molecule has 0 saturated heterocycles. The molecule has 2 aromatic carbocycles. The number of rotatable bonds is 5. The summed E-state index contributed by atoms with van der Waals surface area (Å²) in [4.78, 5) is 18.4. The summed E-state index contributed by atoms with van der Waals surface area (Å²) in [5.74, 6) is -0.116. The average molecular weight is 533 g/mol. The highest BCUT2D eigenvalue weighted by Crippen LogP contribution is 2.45. The highest BCUT2D eigenvalue weighted by atomic mass is 35.5. The number of nitrogens with one attached hydrogen (secondary N) is 2. The van der Waals surface area contributed by atoms with Gasteiger partial charge in [0, 0.05) is 28.3 Å². The summed E-state index contributed by atoms with van der Waals surface area (Å²) >= 11 is 6.24. The standard InChI is InChI=1S/C25H18ClFN8O3/c26-15-3-6-22(34-12-29-32-33-34)17(8-15)14-7-18-20(27)9-19(23(18)35(38)11-14)24-28-10-21(31-24)13-1-4-16(5-2-13)30-25(36)37/h1-8,10-12,19-20,30H,9H2,(H,28,31)(H,36,37). The monoisotopic (exact) mass is 532 g/mol. The Labute approximate surface area is 219 Å². The summed E-state index contributed by atoms with van der Waals surface area (Å²) in [5, 5.41) is 36.1. The number of benzene rings is 2. The molecule has 6 rings (SSSR count). The maximum atomic E-state index is 15.3. The molecule has 13 heteroatoms. The minimum Gasteiger partial charge on any atom is -0.618 e. The molecule has 0 saturated carbocycles. The van der Waals surface area contributed by atoms with Gasteiger partial charge in [0.1, 0.15) is 24.2 Å². The van der Waals surface area contributed by atoms with Crippen LogP contribution in [0.1, 0.15) is 35.6 Å². The summed E-state index contributed by atoms with van der Waals surface area (Å²) in [5.41, 5.74) is 4.06. The maximum Gasteiger partial charge on any atom is 0.409 e. The van der Waals surface area contributed by atoms with Crippen molar-refractivity contribution in [1.29, 1.82) is 0 Å². The molecule has 11 nitrogen and oxygen atoms in total. The molecule has 0 bridgehead atoms. The highest BCUT2D eigenvalue weighted by Gasteiger charge is 2.41. The third-order valence-corrected chi connectivity index (χ3v) is 6.68. The van der Waals surface area contributed by atoms with Gasteiger partial charge >= 0.3 is 6.09 Å². The van der Waals surface area contributed by atoms with E-state index in [1.807, 2.05) is 0 Å². The smallest absolute Gasteiger partial charge is 0.409 e. The van der Waals surface area contributed by atoms with Crippen LogP contribution in [0, 0.1) is 5.21 Å². The lowest BCUT2D eigenvalue weighted by atomic mass is 10.0. The van der Waals surface area contributed by atoms with Crippen molar-refractivity contribution in [1.82, 2.24) is 30.2 Å². The van der Waals surface area contributed by atoms with Gasteiger partial charge in [-0.1, -0.05) is 23.7 Å². The number of hydrogen-bond acceptors (Lipinski definition) is 6. The van der Waals surface area contributed by atoms with Crippen LogP contribution in [0.4, 0.5) is 14.9 Å². The molecular formula is C25H18ClFN8O3. The quantitative estimate of drug-likeness (QED) is 0.220. The van der Waals surface area contributed by atoms with Crippen LogP contribution in [0.3, 0.4) is 0 Å². The lowest BCUT2D eigenvalue weighted by molar-refractivity contribution is -0.614. The Bertz CT molecular complexity index is 1660. The van der Waals surface area contributed by atoms with Crippen LogP contribution in [-0.4, -0.2) is 41.4 Å². The third-order valence-electron chi connectivity index (χ3n) is 6.45. The SMILES string of the molecule is O=C(O)Nc1ccc(-c2cnc(C3CC(F)c4cc(-c5cc(Cl)ccc5-n5cnnn5)c[n+]([O-])c43)[nH]2)cc1. The summed E-state index contributed by atoms with van der Waals surface area (Å²) < 4.78 is 17.5. The van der Waals surface area contributed by atoms with Crippen LogP contribution in [0.25, 0.3) is 28.1 Å². The molecule has 2 atom stereocenters. The lowest BCUT2D eigenvalue weighted by Crippen LogP contribution is -2.33. The number of halogens is 2. The predicted octanol–water partition coefficient (Wildman–Crippen LogP) is 4.64. The van der Waals surface area contributed by atoms with E-state index in [2.05, 4.69) is 30.8 Å². The van der Waals surface area contributed by atoms with Crippen molar-refractivity contribution in [3.8, 4) is 28.1 Å². The molecule has 0 radical (unpaired) electrons. The zero-order valence-corrected chi connectivity index (χ0v) is 20.2. The first-order valence-electron chi connectivity index (χ1n) is 11.5. The first-order chi connectivity index (χ1) is 18.4. The van der Waals surface area contributed by atoms with Gasteiger partial charge in [0.05, 0.1) is 23.1 Å². The molecule has 0 aliphatic heterocycles. The molecule has 1 amide bonds. The van der Waals surface area contributed by atoms with E-state index in [4.69, 9.17) is 16.7 Å². The van der Waals surface area contributed by atoms with Gasteiger partial charge in [-0.3, -0.25) is 5.32 Å². The van der Waals surface area contributed by atoms with Crippen LogP contribution < -0.4 is 10.0 Å². The molecular weight excluding hydrogens is 515 g/mol. The second-order valence-corrected chi connectivity index (χ2v) is 9.19. The minimum atomic E-state index is -1.37. The molecule has 0 fully saturated rings. The van der Waals surface area contributed by atoms with Gasteiger partial charge in [-0.2, -0.15) is 9.41 Å². The van der Waals surface area contributed by atoms with Gasteiger partial charge in [0.25, 0.3) is 0 Å². The third kappa shape index (κ3) is 4.20. The Morgan fingerprint density at radius 2 is 2.03 bits per heavy atom. The number of anilines is 1. The van der Waals surface area contributed by atoms with E-state index in [1.165, 1.54) is 17.2 Å². The molecule has 190 valence electrons. The predicted molar refractivity (Wildman–Crippen MR) is 135 cm³/mol. The number of imidazole rings is 1. The number of fused-ring (bicyclic) bond motifs is 1. The summed E-state index contributed by atoms with van der Waals surface area (Å²) in [7, 11) is 0. The second-order valence-electron chi connectivity index (χ2n) is 8.76. The number of alkyl halides is 1. The number of H-pyrrole nitrogens is 1. The van der Waals surface area contributed by atoms with E-state index < -0.39 is 18.2 Å². The zero-order valence-electron chi connectivity index (χ0n) is 19.4. The van der Waals surface area contributed by atoms with Gasteiger partial charge in [-0.15, -0.1) is 5.10 Å². The molecule has 1 aliphatic rings. The number of carboxylic acid groups (broad SMARTS) is 1. The van der Waals surface area contributed by atoms with Crippen molar-refractivity contribution in [2.24, 2.45) is 0 Å². The Kier molecular flexibility index (Phi) is 5.72. The van der Waals surface area contributed by atoms with Crippen molar-refractivity contribution in [3.05, 3.63) is 94.6 Å². The molecule has 3 heterocycles. The van der Waals surface area contributed by atoms with Crippen LogP contribution in [0.5, 0.6) is 0 Å². The van der Waals surface area contributed by atoms with E-state index in [0.29, 0.717) is 43.8 Å². The highest BCUT2D eigenvalue weighted by molar-refractivity contribution is 6.31. The number of nitrogens with zero attached hydrogens (tertiary/aromatic N) is 6. The first-order valence-corrected chi connectivity index (χ1v) is 11.8. The van der Waals surface area contributed by atoms with Crippen LogP contribution in [-0.2, 0) is 0 Å². The van der Waals surface area contributed by atoms with Crippen LogP contribution in [0.15, 0.2) is 67.3 Å². The molecule has 1 aliphatic carbocycles. The number of amides is 1. The van der Waals surface area contributed by atoms with Crippen molar-refractivity contribution in [2.75, 3.05) is 5.32 Å². The molecule has 0 spiro atoms. The minimum absolute atomic E-state index is 0.0604. The second kappa shape index (κ2) is 9.23. The number of aromatic amines is 1. The van der Waals surface area contributed by atoms with Crippen molar-refractivity contribution >= 4 is 23.4 Å². The molecule has 3 N–H and O–H groups in total. The van der Waals surface area contributed by atoms with Crippen LogP contribution >= 0.6 is 11.6 Å². The Hall–Kier alpha value is -4.84. The first kappa shape index (κ1) is 23.6. The van der Waals surface area contributed by atoms with Gasteiger partial charge < -0.3 is 15.3 Å². The number of pyridine rings is 1. The number of tetrazole rings is 1. The fourth-order valence-corrected chi connectivity index (χ4v) is 4.94. The Balaban J connectivity index is 1.35. The molecule has 3 aromatic heterocycles. The number of hydrogen-bond donors (Lipinski definition) is 3. The van der Waals surface area contributed by atoms with Crippen molar-refractivity contribution in [3.63, 3.8) is 0 Å². The van der Waals surface area contributed by atoms with E-state index in [-0.39, 0.29) is 17.7 Å². The summed E-state index contributed by atoms with van der Waals surface area (Å²) in [6.07, 6.45) is 1.95. The maximum absolute atomic E-state index is 15.3. The molecule has 5 aromatic rings. The van der Waals surface area contributed by atoms with Gasteiger partial charge in [-0.25, -0.2) is 14.2 Å². The number of aromatic nitrogens is 7. The van der Waals surface area contributed by atoms with E-state index >= 15 is 4.39 Å². The largest absolute Gasteiger partial charge is 0.618 e. The number of carbonyl (C=O) groups is 1. The Morgan fingerprint density at radius 3 is 2.76 bits per heavy atom. The molecule has 38 heavy (non-hydrogen) atoms. The summed E-state index contributed by atoms with van der Waals surface area (Å²) in [6, 6.07) is 13.5. The van der Waals surface area contributed by atoms with E-state index in [0.717, 1.165) is 5.56 Å². The van der Waals surface area contributed by atoms with Gasteiger partial charge in [-0.05, 0) is 52.4 Å². The summed E-state index contributed by atoms with van der Waals surface area (Å²) in [6.45, 7) is 0. The fraction of sp³-hybridized carbons (Fsp3) is 0.120. The van der Waals surface area contributed by atoms with Crippen molar-refractivity contribution < 1.29 is 19.0 Å². The van der Waals surface area contributed by atoms with Crippen molar-refractivity contribution in [2.45, 2.75) is 18.5 Å². The zero-order chi connectivity index (χ0) is 26.4. The Morgan fingerprint density at radius 1 is 1.21 bits per heavy atom. The van der Waals surface area contributed by atoms with Gasteiger partial charge in [0.2, 0.25) is 5.69 Å². The molecule has 2 unspecified atom stereocenters. The van der Waals surface area contributed by atoms with E-state index in [1.54, 1.807) is 54.7 Å². The van der Waals surface area contributed by atoms with E-state index in [9.17, 15) is 10.0 Å². The topological polar surface area (TPSA) is 149 Å².